The van der Waals surface area contributed by atoms with Crippen molar-refractivity contribution in [2.75, 3.05) is 7.11 Å². The van der Waals surface area contributed by atoms with Gasteiger partial charge in [0.2, 0.25) is 0 Å². The lowest BCUT2D eigenvalue weighted by Crippen LogP contribution is -2.03. The fourth-order valence-corrected chi connectivity index (χ4v) is 2.02. The van der Waals surface area contributed by atoms with Gasteiger partial charge in [0.05, 0.1) is 7.11 Å². The van der Waals surface area contributed by atoms with Gasteiger partial charge in [-0.2, -0.15) is 5.26 Å². The van der Waals surface area contributed by atoms with Crippen LogP contribution < -0.4 is 9.47 Å². The summed E-state index contributed by atoms with van der Waals surface area (Å²) in [6, 6.07) is 14.9. The summed E-state index contributed by atoms with van der Waals surface area (Å²) in [5.41, 5.74) is 1.55. The van der Waals surface area contributed by atoms with Crippen LogP contribution in [0.1, 0.15) is 28.4 Å². The molecule has 21 heavy (non-hydrogen) atoms. The molecule has 0 unspecified atom stereocenters. The van der Waals surface area contributed by atoms with Gasteiger partial charge in [0.15, 0.2) is 17.3 Å². The van der Waals surface area contributed by atoms with Crippen LogP contribution in [0.2, 0.25) is 0 Å². The van der Waals surface area contributed by atoms with Crippen LogP contribution in [0.15, 0.2) is 42.5 Å². The van der Waals surface area contributed by atoms with Gasteiger partial charge in [-0.25, -0.2) is 0 Å². The lowest BCUT2D eigenvalue weighted by atomic mass is 10.0. The molecule has 0 aliphatic heterocycles. The second-order valence-corrected chi connectivity index (χ2v) is 4.46. The minimum Gasteiger partial charge on any atom is -0.492 e. The van der Waals surface area contributed by atoms with Crippen LogP contribution in [0.25, 0.3) is 0 Å². The number of carbonyl (C=O) groups excluding carboxylic acids is 1. The van der Waals surface area contributed by atoms with Gasteiger partial charge in [0.1, 0.15) is 18.2 Å². The quantitative estimate of drug-likeness (QED) is 0.788. The average molecular weight is 281 g/mol. The number of ether oxygens (including phenoxy) is 2. The minimum absolute atomic E-state index is 0.181. The van der Waals surface area contributed by atoms with Crippen LogP contribution in [0.3, 0.4) is 0 Å². The van der Waals surface area contributed by atoms with E-state index in [0.29, 0.717) is 23.7 Å². The monoisotopic (exact) mass is 281 g/mol. The zero-order chi connectivity index (χ0) is 15.2. The first-order valence-corrected chi connectivity index (χ1v) is 6.46. The smallest absolute Gasteiger partial charge is 0.179 e. The molecule has 0 amide bonds. The van der Waals surface area contributed by atoms with E-state index in [0.717, 1.165) is 5.56 Å². The van der Waals surface area contributed by atoms with Crippen LogP contribution in [0.5, 0.6) is 11.5 Å². The van der Waals surface area contributed by atoms with E-state index in [9.17, 15) is 10.1 Å². The van der Waals surface area contributed by atoms with Crippen molar-refractivity contribution in [1.29, 1.82) is 5.26 Å². The minimum atomic E-state index is -0.181. The molecule has 4 heteroatoms. The molecule has 0 aliphatic carbocycles. The van der Waals surface area contributed by atoms with Gasteiger partial charge in [-0.3, -0.25) is 4.79 Å². The lowest BCUT2D eigenvalue weighted by molar-refractivity contribution is 0.101. The SMILES string of the molecule is COc1c(OCc2ccccc2)ccc(C(C)=O)c1C#N. The number of methoxy groups -OCH3 is 1. The Morgan fingerprint density at radius 3 is 2.48 bits per heavy atom. The Labute approximate surface area is 123 Å². The Morgan fingerprint density at radius 1 is 1.19 bits per heavy atom. The maximum Gasteiger partial charge on any atom is 0.179 e. The summed E-state index contributed by atoms with van der Waals surface area (Å²) in [5.74, 6) is 0.559. The van der Waals surface area contributed by atoms with E-state index in [2.05, 4.69) is 0 Å². The molecule has 0 aliphatic rings. The predicted octanol–water partition coefficient (Wildman–Crippen LogP) is 3.35. The highest BCUT2D eigenvalue weighted by Crippen LogP contribution is 2.33. The van der Waals surface area contributed by atoms with Gasteiger partial charge in [0.25, 0.3) is 0 Å². The largest absolute Gasteiger partial charge is 0.492 e. The molecule has 106 valence electrons. The highest BCUT2D eigenvalue weighted by Gasteiger charge is 2.17. The lowest BCUT2D eigenvalue weighted by Gasteiger charge is -2.13. The number of nitrogens with zero attached hydrogens (tertiary/aromatic N) is 1. The number of carbonyl (C=O) groups is 1. The van der Waals surface area contributed by atoms with Crippen molar-refractivity contribution in [3.05, 3.63) is 59.2 Å². The molecule has 0 aromatic heterocycles. The number of benzene rings is 2. The van der Waals surface area contributed by atoms with Crippen molar-refractivity contribution in [1.82, 2.24) is 0 Å². The molecule has 2 rings (SSSR count). The first-order chi connectivity index (χ1) is 10.2. The van der Waals surface area contributed by atoms with Crippen molar-refractivity contribution < 1.29 is 14.3 Å². The van der Waals surface area contributed by atoms with Gasteiger partial charge in [-0.15, -0.1) is 0 Å². The summed E-state index contributed by atoms with van der Waals surface area (Å²) < 4.78 is 11.0. The molecule has 0 radical (unpaired) electrons. The number of rotatable bonds is 5. The molecule has 0 heterocycles. The zero-order valence-corrected chi connectivity index (χ0v) is 11.9. The molecule has 0 saturated heterocycles. The average Bonchev–Trinajstić information content (AvgIpc) is 2.52. The molecule has 2 aromatic rings. The number of Topliss-reactive ketones (excluding diaryl/α,β-unsaturated/α-hetero) is 1. The Hall–Kier alpha value is -2.80. The molecule has 2 aromatic carbocycles. The van der Waals surface area contributed by atoms with E-state index in [1.54, 1.807) is 12.1 Å². The van der Waals surface area contributed by atoms with Gasteiger partial charge in [-0.05, 0) is 24.6 Å². The predicted molar refractivity (Wildman–Crippen MR) is 78.5 cm³/mol. The fourth-order valence-electron chi connectivity index (χ4n) is 2.02. The summed E-state index contributed by atoms with van der Waals surface area (Å²) >= 11 is 0. The van der Waals surface area contributed by atoms with Crippen LogP contribution in [0.4, 0.5) is 0 Å². The molecule has 0 saturated carbocycles. The molecular formula is C17H15NO3. The third-order valence-corrected chi connectivity index (χ3v) is 3.05. The normalized spacial score (nSPS) is 9.76. The van der Waals surface area contributed by atoms with Gasteiger partial charge in [0, 0.05) is 5.56 Å². The van der Waals surface area contributed by atoms with E-state index < -0.39 is 0 Å². The first-order valence-electron chi connectivity index (χ1n) is 6.46. The van der Waals surface area contributed by atoms with Crippen molar-refractivity contribution in [2.45, 2.75) is 13.5 Å². The van der Waals surface area contributed by atoms with Crippen molar-refractivity contribution in [3.63, 3.8) is 0 Å². The van der Waals surface area contributed by atoms with E-state index in [-0.39, 0.29) is 11.3 Å². The molecular weight excluding hydrogens is 266 g/mol. The maximum absolute atomic E-state index is 11.5. The van der Waals surface area contributed by atoms with Crippen LogP contribution >= 0.6 is 0 Å². The van der Waals surface area contributed by atoms with E-state index in [1.165, 1.54) is 14.0 Å². The highest BCUT2D eigenvalue weighted by molar-refractivity contribution is 5.97. The number of nitriles is 1. The molecule has 4 nitrogen and oxygen atoms in total. The highest BCUT2D eigenvalue weighted by atomic mass is 16.5. The molecule has 0 N–H and O–H groups in total. The second-order valence-electron chi connectivity index (χ2n) is 4.46. The van der Waals surface area contributed by atoms with E-state index in [4.69, 9.17) is 9.47 Å². The second kappa shape index (κ2) is 6.58. The summed E-state index contributed by atoms with van der Waals surface area (Å²) in [6.07, 6.45) is 0. The third kappa shape index (κ3) is 3.21. The molecule has 0 spiro atoms. The van der Waals surface area contributed by atoms with Crippen LogP contribution in [-0.4, -0.2) is 12.9 Å². The van der Waals surface area contributed by atoms with Crippen molar-refractivity contribution in [3.8, 4) is 17.6 Å². The van der Waals surface area contributed by atoms with Crippen molar-refractivity contribution >= 4 is 5.78 Å². The van der Waals surface area contributed by atoms with Gasteiger partial charge >= 0.3 is 0 Å². The van der Waals surface area contributed by atoms with E-state index >= 15 is 0 Å². The Kier molecular flexibility index (Phi) is 4.57. The standard InChI is InChI=1S/C17H15NO3/c1-12(19)14-8-9-16(17(20-2)15(14)10-18)21-11-13-6-4-3-5-7-13/h3-9H,11H2,1-2H3. The van der Waals surface area contributed by atoms with Crippen LogP contribution in [-0.2, 0) is 6.61 Å². The van der Waals surface area contributed by atoms with Gasteiger partial charge in [-0.1, -0.05) is 30.3 Å². The van der Waals surface area contributed by atoms with Crippen LogP contribution in [0, 0.1) is 11.3 Å². The maximum atomic E-state index is 11.5. The summed E-state index contributed by atoms with van der Waals surface area (Å²) in [7, 11) is 1.45. The third-order valence-electron chi connectivity index (χ3n) is 3.05. The summed E-state index contributed by atoms with van der Waals surface area (Å²) in [5, 5.41) is 9.25. The topological polar surface area (TPSA) is 59.3 Å². The van der Waals surface area contributed by atoms with E-state index in [1.807, 2.05) is 36.4 Å². The molecule has 0 fully saturated rings. The summed E-state index contributed by atoms with van der Waals surface area (Å²) in [4.78, 5) is 11.5. The number of hydrogen-bond donors (Lipinski definition) is 0. The Bertz CT molecular complexity index is 687. The van der Waals surface area contributed by atoms with Crippen molar-refractivity contribution in [2.24, 2.45) is 0 Å². The Balaban J connectivity index is 2.32. The molecule has 0 atom stereocenters. The zero-order valence-electron chi connectivity index (χ0n) is 11.9. The fraction of sp³-hybridized carbons (Fsp3) is 0.176. The Morgan fingerprint density at radius 2 is 1.90 bits per heavy atom. The summed E-state index contributed by atoms with van der Waals surface area (Å²) in [6.45, 7) is 1.78. The number of hydrogen-bond acceptors (Lipinski definition) is 4. The number of ketones is 1. The first kappa shape index (κ1) is 14.6. The molecule has 0 bridgehead atoms. The van der Waals surface area contributed by atoms with Gasteiger partial charge < -0.3 is 9.47 Å².